The van der Waals surface area contributed by atoms with Crippen molar-refractivity contribution in [1.82, 2.24) is 8.87 Å². The van der Waals surface area contributed by atoms with Crippen LogP contribution in [0.1, 0.15) is 24.8 Å². The quantitative estimate of drug-likeness (QED) is 0.592. The van der Waals surface area contributed by atoms with Gasteiger partial charge >= 0.3 is 0 Å². The smallest absolute Gasteiger partial charge is 0.268 e. The molecule has 1 unspecified atom stereocenters. The minimum atomic E-state index is -3.83. The van der Waals surface area contributed by atoms with E-state index in [-0.39, 0.29) is 10.7 Å². The maximum atomic E-state index is 14.1. The molecule has 1 atom stereocenters. The molecule has 2 aliphatic heterocycles. The lowest BCUT2D eigenvalue weighted by Gasteiger charge is -2.29. The van der Waals surface area contributed by atoms with Crippen LogP contribution in [0.5, 0.6) is 0 Å². The zero-order valence-electron chi connectivity index (χ0n) is 15.7. The van der Waals surface area contributed by atoms with Gasteiger partial charge in [0.05, 0.1) is 10.4 Å². The molecule has 0 N–H and O–H groups in total. The van der Waals surface area contributed by atoms with Crippen molar-refractivity contribution in [3.63, 3.8) is 0 Å². The van der Waals surface area contributed by atoms with Gasteiger partial charge in [-0.05, 0) is 73.8 Å². The Morgan fingerprint density at radius 2 is 1.90 bits per heavy atom. The largest absolute Gasteiger partial charge is 0.296 e. The summed E-state index contributed by atoms with van der Waals surface area (Å²) >= 11 is 5.92. The summed E-state index contributed by atoms with van der Waals surface area (Å²) in [4.78, 5) is 2.60. The highest BCUT2D eigenvalue weighted by molar-refractivity contribution is 7.90. The van der Waals surface area contributed by atoms with Gasteiger partial charge in [0.2, 0.25) is 0 Å². The van der Waals surface area contributed by atoms with Crippen LogP contribution in [-0.4, -0.2) is 36.4 Å². The molecule has 1 fully saturated rings. The predicted octanol–water partition coefficient (Wildman–Crippen LogP) is 4.92. The number of rotatable bonds is 3. The number of nitrogens with zero attached hydrogens (tertiary/aromatic N) is 2. The van der Waals surface area contributed by atoms with Crippen molar-refractivity contribution in [2.45, 2.75) is 30.2 Å². The van der Waals surface area contributed by atoms with Crippen LogP contribution in [0.25, 0.3) is 16.5 Å². The Hall–Kier alpha value is -2.15. The van der Waals surface area contributed by atoms with Gasteiger partial charge < -0.3 is 0 Å². The normalized spacial score (nSPS) is 20.1. The summed E-state index contributed by atoms with van der Waals surface area (Å²) in [6.45, 7) is 1.96. The lowest BCUT2D eigenvalue weighted by atomic mass is 9.94. The summed E-state index contributed by atoms with van der Waals surface area (Å²) in [5.74, 6) is -0.376. The maximum absolute atomic E-state index is 14.1. The predicted molar refractivity (Wildman–Crippen MR) is 113 cm³/mol. The first-order valence-electron chi connectivity index (χ1n) is 9.69. The minimum absolute atomic E-state index is 0.147. The van der Waals surface area contributed by atoms with E-state index in [1.165, 1.54) is 40.7 Å². The van der Waals surface area contributed by atoms with Crippen molar-refractivity contribution in [1.29, 1.82) is 0 Å². The van der Waals surface area contributed by atoms with Gasteiger partial charge in [0.1, 0.15) is 5.82 Å². The number of halogens is 2. The molecule has 0 amide bonds. The monoisotopic (exact) mass is 430 g/mol. The van der Waals surface area contributed by atoms with Crippen LogP contribution in [0, 0.1) is 5.82 Å². The molecular formula is C22H20ClFN2O2S. The summed E-state index contributed by atoms with van der Waals surface area (Å²) in [5.41, 5.74) is 2.36. The van der Waals surface area contributed by atoms with Crippen LogP contribution in [0.2, 0.25) is 5.02 Å². The van der Waals surface area contributed by atoms with E-state index in [0.717, 1.165) is 37.1 Å². The fourth-order valence-corrected chi connectivity index (χ4v) is 5.99. The Kier molecular flexibility index (Phi) is 4.53. The van der Waals surface area contributed by atoms with E-state index < -0.39 is 10.0 Å². The highest BCUT2D eigenvalue weighted by Gasteiger charge is 2.30. The first kappa shape index (κ1) is 18.9. The van der Waals surface area contributed by atoms with E-state index in [0.29, 0.717) is 22.0 Å². The highest BCUT2D eigenvalue weighted by Crippen LogP contribution is 2.37. The summed E-state index contributed by atoms with van der Waals surface area (Å²) < 4.78 is 42.0. The molecule has 4 nitrogen and oxygen atoms in total. The first-order chi connectivity index (χ1) is 13.9. The molecule has 7 heteroatoms. The second-order valence-corrected chi connectivity index (χ2v) is 9.93. The summed E-state index contributed by atoms with van der Waals surface area (Å²) in [5, 5.41) is 1.10. The van der Waals surface area contributed by atoms with E-state index in [1.807, 2.05) is 0 Å². The van der Waals surface area contributed by atoms with Gasteiger partial charge in [-0.2, -0.15) is 0 Å². The molecule has 0 spiro atoms. The molecule has 2 aliphatic rings. The first-order valence-corrected chi connectivity index (χ1v) is 11.5. The maximum Gasteiger partial charge on any atom is 0.268 e. The lowest BCUT2D eigenvalue weighted by molar-refractivity contribution is 0.275. The second kappa shape index (κ2) is 6.97. The van der Waals surface area contributed by atoms with Crippen LogP contribution in [-0.2, 0) is 10.0 Å². The fourth-order valence-electron chi connectivity index (χ4n) is 4.50. The average molecular weight is 431 g/mol. The van der Waals surface area contributed by atoms with Crippen molar-refractivity contribution >= 4 is 38.1 Å². The molecule has 0 aliphatic carbocycles. The van der Waals surface area contributed by atoms with Crippen molar-refractivity contribution in [3.05, 3.63) is 71.1 Å². The zero-order chi connectivity index (χ0) is 20.2. The summed E-state index contributed by atoms with van der Waals surface area (Å²) in [7, 11) is -3.83. The van der Waals surface area contributed by atoms with Gasteiger partial charge in [0.15, 0.2) is 0 Å². The van der Waals surface area contributed by atoms with Crippen molar-refractivity contribution in [3.8, 4) is 0 Å². The Bertz CT molecular complexity index is 1230. The third kappa shape index (κ3) is 3.19. The van der Waals surface area contributed by atoms with Gasteiger partial charge in [0, 0.05) is 34.8 Å². The van der Waals surface area contributed by atoms with E-state index in [9.17, 15) is 12.8 Å². The van der Waals surface area contributed by atoms with Crippen molar-refractivity contribution in [2.24, 2.45) is 0 Å². The van der Waals surface area contributed by atoms with E-state index >= 15 is 0 Å². The van der Waals surface area contributed by atoms with Crippen LogP contribution in [0.3, 0.4) is 0 Å². The summed E-state index contributed by atoms with van der Waals surface area (Å²) in [6, 6.07) is 10.8. The van der Waals surface area contributed by atoms with Crippen LogP contribution in [0.15, 0.2) is 59.6 Å². The number of benzene rings is 2. The third-order valence-electron chi connectivity index (χ3n) is 5.98. The number of aromatic nitrogens is 1. The minimum Gasteiger partial charge on any atom is -0.296 e. The SMILES string of the molecule is O=S(=O)(c1ccc(Cl)cc1)n1cc(C2=CCN3CCCC3C2)c2cc(F)ccc21. The second-order valence-electron chi connectivity index (χ2n) is 7.68. The summed E-state index contributed by atoms with van der Waals surface area (Å²) in [6.07, 6.45) is 6.99. The molecule has 3 heterocycles. The Labute approximate surface area is 174 Å². The zero-order valence-corrected chi connectivity index (χ0v) is 17.3. The van der Waals surface area contributed by atoms with Gasteiger partial charge in [-0.15, -0.1) is 0 Å². The van der Waals surface area contributed by atoms with Gasteiger partial charge in [-0.1, -0.05) is 17.7 Å². The molecule has 2 aromatic carbocycles. The lowest BCUT2D eigenvalue weighted by Crippen LogP contribution is -2.32. The van der Waals surface area contributed by atoms with E-state index in [1.54, 1.807) is 18.3 Å². The average Bonchev–Trinajstić information content (AvgIpc) is 3.32. The van der Waals surface area contributed by atoms with Crippen LogP contribution >= 0.6 is 11.6 Å². The Balaban J connectivity index is 1.67. The van der Waals surface area contributed by atoms with Crippen molar-refractivity contribution < 1.29 is 12.8 Å². The fraction of sp³-hybridized carbons (Fsp3) is 0.273. The Morgan fingerprint density at radius 3 is 2.69 bits per heavy atom. The standard InChI is InChI=1S/C22H20ClFN2O2S/c23-16-3-6-19(7-4-16)29(27,28)26-14-21(20-13-17(24)5-8-22(20)26)15-9-11-25-10-1-2-18(25)12-15/h3-9,13-14,18H,1-2,10-12H2. The topological polar surface area (TPSA) is 42.3 Å². The molecule has 1 aromatic heterocycles. The van der Waals surface area contributed by atoms with Crippen LogP contribution in [0.4, 0.5) is 4.39 Å². The van der Waals surface area contributed by atoms with E-state index in [4.69, 9.17) is 11.6 Å². The number of hydrogen-bond acceptors (Lipinski definition) is 3. The van der Waals surface area contributed by atoms with Gasteiger partial charge in [-0.3, -0.25) is 4.90 Å². The van der Waals surface area contributed by atoms with E-state index in [2.05, 4.69) is 11.0 Å². The highest BCUT2D eigenvalue weighted by atomic mass is 35.5. The Morgan fingerprint density at radius 1 is 1.10 bits per heavy atom. The molecule has 0 bridgehead atoms. The molecule has 0 saturated carbocycles. The molecule has 0 radical (unpaired) electrons. The van der Waals surface area contributed by atoms with Crippen LogP contribution < -0.4 is 0 Å². The van der Waals surface area contributed by atoms with Gasteiger partial charge in [0.25, 0.3) is 10.0 Å². The van der Waals surface area contributed by atoms with Crippen molar-refractivity contribution in [2.75, 3.05) is 13.1 Å². The molecule has 150 valence electrons. The molecule has 29 heavy (non-hydrogen) atoms. The number of fused-ring (bicyclic) bond motifs is 2. The third-order valence-corrected chi connectivity index (χ3v) is 7.92. The van der Waals surface area contributed by atoms with Gasteiger partial charge in [-0.25, -0.2) is 16.8 Å². The number of hydrogen-bond donors (Lipinski definition) is 0. The molecule has 5 rings (SSSR count). The molecular weight excluding hydrogens is 411 g/mol. The molecule has 1 saturated heterocycles. The molecule has 3 aromatic rings.